The molecule has 0 aromatic heterocycles. The maximum Gasteiger partial charge on any atom is -0.147 e. The molecule has 44 heavy (non-hydrogen) atoms. The Morgan fingerprint density at radius 1 is 0.523 bits per heavy atom. The van der Waals surface area contributed by atoms with Crippen LogP contribution in [0.3, 0.4) is 0 Å². The zero-order valence-electron chi connectivity index (χ0n) is 27.2. The molecule has 0 amide bonds. The first kappa shape index (κ1) is 34.9. The summed E-state index contributed by atoms with van der Waals surface area (Å²) in [6, 6.07) is 32.8. The number of allylic oxidation sites excluding steroid dienone is 2. The first-order valence-electron chi connectivity index (χ1n) is 16.1. The van der Waals surface area contributed by atoms with Crippen LogP contribution in [0.25, 0.3) is 34.4 Å². The number of rotatable bonds is 8. The molecule has 4 heteroatoms. The average molecular weight is 719 g/mol. The normalized spacial score (nSPS) is 17.2. The molecular weight excluding hydrogens is 671 g/mol. The van der Waals surface area contributed by atoms with Gasteiger partial charge in [-0.15, -0.1) is 24.8 Å². The second-order valence-electron chi connectivity index (χ2n) is 13.7. The van der Waals surface area contributed by atoms with Gasteiger partial charge in [0.25, 0.3) is 0 Å². The van der Waals surface area contributed by atoms with Crippen LogP contribution in [0, 0.1) is 0 Å². The topological polar surface area (TPSA) is 0 Å². The van der Waals surface area contributed by atoms with Crippen molar-refractivity contribution in [2.45, 2.75) is 69.9 Å². The molecule has 230 valence electrons. The number of benzene rings is 4. The second kappa shape index (κ2) is 13.4. The van der Waals surface area contributed by atoms with Gasteiger partial charge in [0.05, 0.1) is 0 Å². The van der Waals surface area contributed by atoms with Gasteiger partial charge in [0.1, 0.15) is 0 Å². The van der Waals surface area contributed by atoms with E-state index < -0.39 is 17.4 Å². The fourth-order valence-electron chi connectivity index (χ4n) is 8.29. The monoisotopic (exact) mass is 716 g/mol. The molecule has 0 nitrogen and oxygen atoms in total. The van der Waals surface area contributed by atoms with Crippen LogP contribution in [0.15, 0.2) is 96.1 Å². The van der Waals surface area contributed by atoms with E-state index in [4.69, 9.17) is 0 Å². The first-order chi connectivity index (χ1) is 20.2. The zero-order chi connectivity index (χ0) is 29.7. The Labute approximate surface area is 280 Å². The molecule has 0 heterocycles. The third-order valence-corrected chi connectivity index (χ3v) is 27.9. The molecule has 6 rings (SSSR count). The van der Waals surface area contributed by atoms with Crippen LogP contribution in [0.2, 0.25) is 9.26 Å². The molecule has 2 unspecified atom stereocenters. The van der Waals surface area contributed by atoms with E-state index in [2.05, 4.69) is 141 Å². The Hall–Kier alpha value is -1.96. The number of aryl methyl sites for hydroxylation is 2. The van der Waals surface area contributed by atoms with Crippen molar-refractivity contribution in [1.82, 2.24) is 0 Å². The van der Waals surface area contributed by atoms with Crippen molar-refractivity contribution in [2.75, 3.05) is 0 Å². The fraction of sp³-hybridized carbons (Fsp3) is 0.300. The predicted molar refractivity (Wildman–Crippen MR) is 199 cm³/mol. The molecule has 0 radical (unpaired) electrons. The first-order valence-corrected chi connectivity index (χ1v) is 29.8. The van der Waals surface area contributed by atoms with E-state index >= 15 is 0 Å². The van der Waals surface area contributed by atoms with Gasteiger partial charge in [0.15, 0.2) is 0 Å². The number of hydrogen-bond acceptors (Lipinski definition) is 0. The molecule has 4 aromatic rings. The van der Waals surface area contributed by atoms with Gasteiger partial charge < -0.3 is 0 Å². The van der Waals surface area contributed by atoms with E-state index in [1.54, 1.807) is 22.3 Å². The van der Waals surface area contributed by atoms with Gasteiger partial charge in [-0.1, -0.05) is 0 Å². The van der Waals surface area contributed by atoms with Crippen LogP contribution in [0.4, 0.5) is 0 Å². The van der Waals surface area contributed by atoms with Gasteiger partial charge in [0, 0.05) is 0 Å². The Morgan fingerprint density at radius 2 is 0.886 bits per heavy atom. The van der Waals surface area contributed by atoms with Gasteiger partial charge in [-0.3, -0.25) is 0 Å². The average Bonchev–Trinajstić information content (AvgIpc) is 3.61. The van der Waals surface area contributed by atoms with E-state index in [-0.39, 0.29) is 24.8 Å². The number of fused-ring (bicyclic) bond motifs is 2. The Morgan fingerprint density at radius 3 is 1.20 bits per heavy atom. The SMILES string of the molecule is CCC1=Cc2c(-c3ccc(CC)cc3)cccc2[CH]1[Zr]([CH3])([CH3])(=[SiH2])[CH]1C(CC)=Cc2c(-c3ccc(CC)cc3)cccc21.Cl.Cl. The molecule has 4 aromatic carbocycles. The zero-order valence-corrected chi connectivity index (χ0v) is 32.7. The quantitative estimate of drug-likeness (QED) is 0.159. The Balaban J connectivity index is 0.00000221. The maximum atomic E-state index is 2.78. The van der Waals surface area contributed by atoms with E-state index in [9.17, 15) is 0 Å². The molecular formula is C40H48Cl2SiZr. The van der Waals surface area contributed by atoms with Crippen molar-refractivity contribution in [1.29, 1.82) is 0 Å². The van der Waals surface area contributed by atoms with Crippen molar-refractivity contribution in [3.63, 3.8) is 0 Å². The van der Waals surface area contributed by atoms with Crippen molar-refractivity contribution in [3.05, 3.63) is 129 Å². The molecule has 0 bridgehead atoms. The maximum absolute atomic E-state index is 3.59. The molecule has 2 aliphatic rings. The van der Waals surface area contributed by atoms with Crippen LogP contribution in [0.1, 0.15) is 81.2 Å². The molecule has 2 aliphatic carbocycles. The molecule has 2 atom stereocenters. The summed E-state index contributed by atoms with van der Waals surface area (Å²) >= 11 is -3.59. The molecule has 0 saturated heterocycles. The van der Waals surface area contributed by atoms with Crippen LogP contribution in [0.5, 0.6) is 0 Å². The summed E-state index contributed by atoms with van der Waals surface area (Å²) < 4.78 is 6.66. The van der Waals surface area contributed by atoms with Crippen molar-refractivity contribution < 1.29 is 17.4 Å². The summed E-state index contributed by atoms with van der Waals surface area (Å²) in [5, 5.41) is 0. The van der Waals surface area contributed by atoms with Gasteiger partial charge in [-0.25, -0.2) is 0 Å². The predicted octanol–water partition coefficient (Wildman–Crippen LogP) is 11.7. The second-order valence-corrected chi connectivity index (χ2v) is 44.1. The minimum absolute atomic E-state index is 0. The molecule has 0 fully saturated rings. The van der Waals surface area contributed by atoms with E-state index in [0.717, 1.165) is 25.7 Å². The Bertz CT molecular complexity index is 1660. The summed E-state index contributed by atoms with van der Waals surface area (Å²) in [5.41, 5.74) is 17.7. The molecule has 0 spiro atoms. The van der Waals surface area contributed by atoms with Crippen molar-refractivity contribution in [2.24, 2.45) is 0 Å². The van der Waals surface area contributed by atoms with Gasteiger partial charge in [-0.2, -0.15) is 0 Å². The van der Waals surface area contributed by atoms with Crippen molar-refractivity contribution >= 4 is 43.8 Å². The van der Waals surface area contributed by atoms with Crippen LogP contribution < -0.4 is 0 Å². The number of halogens is 2. The van der Waals surface area contributed by atoms with Gasteiger partial charge >= 0.3 is 258 Å². The standard InChI is InChI=1S/2C19H19.2CH3.2ClH.H2Si.Zr/c2*1-3-14-8-10-16(11-9-14)18-7-5-6-17-12-15(4-2)13-19(17)18;;;;;;/h2*5-13H,3-4H2,1-2H3;2*1H3;2*1H;1H2;. The summed E-state index contributed by atoms with van der Waals surface area (Å²) in [6.45, 7) is 11.7. The fourth-order valence-corrected chi connectivity index (χ4v) is 28.5. The summed E-state index contributed by atoms with van der Waals surface area (Å²) in [6.07, 6.45) is 9.58. The summed E-state index contributed by atoms with van der Waals surface area (Å²) in [4.78, 5) is 0. The van der Waals surface area contributed by atoms with Gasteiger partial charge in [0.2, 0.25) is 0 Å². The van der Waals surface area contributed by atoms with E-state index in [1.165, 1.54) is 44.5 Å². The van der Waals surface area contributed by atoms with Crippen LogP contribution in [-0.4, -0.2) is 6.88 Å². The largest absolute Gasteiger partial charge is 0.147 e. The number of hydrogen-bond donors (Lipinski definition) is 0. The van der Waals surface area contributed by atoms with E-state index in [1.807, 2.05) is 0 Å². The summed E-state index contributed by atoms with van der Waals surface area (Å²) in [7, 11) is 0. The molecule has 0 saturated carbocycles. The Kier molecular flexibility index (Phi) is 10.6. The summed E-state index contributed by atoms with van der Waals surface area (Å²) in [5.74, 6) is 0. The minimum atomic E-state index is -3.59. The smallest absolute Gasteiger partial charge is 0.147 e. The third-order valence-electron chi connectivity index (χ3n) is 10.4. The van der Waals surface area contributed by atoms with Crippen molar-refractivity contribution in [3.8, 4) is 22.3 Å². The molecule has 0 aliphatic heterocycles. The van der Waals surface area contributed by atoms with Crippen LogP contribution >= 0.6 is 24.8 Å². The third kappa shape index (κ3) is 5.86. The van der Waals surface area contributed by atoms with Crippen LogP contribution in [-0.2, 0) is 30.2 Å². The molecule has 0 N–H and O–H groups in total. The van der Waals surface area contributed by atoms with E-state index in [0.29, 0.717) is 7.25 Å². The van der Waals surface area contributed by atoms with Gasteiger partial charge in [-0.05, 0) is 0 Å². The minimum Gasteiger partial charge on any atom is -0.147 e.